The summed E-state index contributed by atoms with van der Waals surface area (Å²) < 4.78 is 29.8. The van der Waals surface area contributed by atoms with E-state index >= 15 is 4.39 Å². The highest BCUT2D eigenvalue weighted by molar-refractivity contribution is 6.06. The summed E-state index contributed by atoms with van der Waals surface area (Å²) in [4.78, 5) is 26.2. The molecule has 2 aromatic carbocycles. The lowest BCUT2D eigenvalue weighted by Crippen LogP contribution is -2.56. The summed E-state index contributed by atoms with van der Waals surface area (Å²) >= 11 is 0. The number of rotatable bonds is 8. The minimum atomic E-state index is -1.04. The van der Waals surface area contributed by atoms with E-state index in [9.17, 15) is 24.2 Å². The minimum Gasteiger partial charge on any atom is -0.394 e. The molecule has 0 aliphatic carbocycles. The third kappa shape index (κ3) is 5.83. The Kier molecular flexibility index (Phi) is 7.86. The molecule has 1 unspecified atom stereocenters. The van der Waals surface area contributed by atoms with Gasteiger partial charge in [-0.25, -0.2) is 8.78 Å². The van der Waals surface area contributed by atoms with E-state index in [1.54, 1.807) is 52.0 Å². The Morgan fingerprint density at radius 1 is 1.03 bits per heavy atom. The van der Waals surface area contributed by atoms with Crippen LogP contribution in [0.2, 0.25) is 0 Å². The number of benzene rings is 2. The highest BCUT2D eigenvalue weighted by Gasteiger charge is 2.35. The molecule has 8 nitrogen and oxygen atoms in total. The number of aliphatic hydroxyl groups excluding tert-OH is 2. The van der Waals surface area contributed by atoms with E-state index in [2.05, 4.69) is 15.7 Å². The Morgan fingerprint density at radius 3 is 2.23 bits per heavy atom. The molecular weight excluding hydrogens is 458 g/mol. The molecule has 0 bridgehead atoms. The fourth-order valence-electron chi connectivity index (χ4n) is 3.69. The highest BCUT2D eigenvalue weighted by atomic mass is 19.1. The molecule has 0 saturated heterocycles. The number of hydrogen-bond donors (Lipinski definition) is 4. The average molecular weight is 489 g/mol. The molecule has 188 valence electrons. The molecule has 1 heterocycles. The van der Waals surface area contributed by atoms with Crippen molar-refractivity contribution in [3.05, 3.63) is 64.9 Å². The average Bonchev–Trinajstić information content (AvgIpc) is 3.17. The first-order valence-electron chi connectivity index (χ1n) is 11.2. The van der Waals surface area contributed by atoms with Gasteiger partial charge in [0.2, 0.25) is 5.91 Å². The van der Waals surface area contributed by atoms with Crippen molar-refractivity contribution in [3.63, 3.8) is 0 Å². The zero-order chi connectivity index (χ0) is 25.9. The van der Waals surface area contributed by atoms with Crippen LogP contribution in [-0.2, 0) is 11.3 Å². The van der Waals surface area contributed by atoms with Crippen LogP contribution in [0.5, 0.6) is 0 Å². The van der Waals surface area contributed by atoms with Crippen molar-refractivity contribution in [2.24, 2.45) is 5.41 Å². The van der Waals surface area contributed by atoms with E-state index in [0.29, 0.717) is 11.1 Å². The maximum atomic E-state index is 15.1. The van der Waals surface area contributed by atoms with Crippen LogP contribution in [0.25, 0.3) is 10.9 Å². The third-order valence-corrected chi connectivity index (χ3v) is 5.69. The van der Waals surface area contributed by atoms with Crippen LogP contribution in [0.4, 0.5) is 8.78 Å². The van der Waals surface area contributed by atoms with Gasteiger partial charge in [0.25, 0.3) is 5.91 Å². The van der Waals surface area contributed by atoms with E-state index in [0.717, 1.165) is 0 Å². The third-order valence-electron chi connectivity index (χ3n) is 5.69. The van der Waals surface area contributed by atoms with Crippen molar-refractivity contribution in [1.29, 1.82) is 0 Å². The molecular formula is C25H30F2N4O4. The number of hydrogen-bond acceptors (Lipinski definition) is 5. The van der Waals surface area contributed by atoms with Crippen LogP contribution in [0, 0.1) is 24.0 Å². The van der Waals surface area contributed by atoms with Crippen LogP contribution in [-0.4, -0.2) is 57.1 Å². The van der Waals surface area contributed by atoms with E-state index < -0.39 is 54.2 Å². The van der Waals surface area contributed by atoms with Crippen molar-refractivity contribution in [2.45, 2.75) is 46.3 Å². The molecule has 1 atom stereocenters. The molecule has 2 amide bonds. The Bertz CT molecular complexity index is 1210. The van der Waals surface area contributed by atoms with Crippen LogP contribution in [0.15, 0.2) is 36.4 Å². The monoisotopic (exact) mass is 488 g/mol. The maximum absolute atomic E-state index is 15.1. The predicted octanol–water partition coefficient (Wildman–Crippen LogP) is 2.29. The van der Waals surface area contributed by atoms with Gasteiger partial charge >= 0.3 is 0 Å². The number of aliphatic hydroxyl groups is 2. The predicted molar refractivity (Wildman–Crippen MR) is 127 cm³/mol. The molecule has 10 heteroatoms. The maximum Gasteiger partial charge on any atom is 0.273 e. The van der Waals surface area contributed by atoms with Gasteiger partial charge in [0.15, 0.2) is 11.5 Å². The number of nitrogens with one attached hydrogen (secondary N) is 2. The number of carbonyl (C=O) groups is 2. The first-order chi connectivity index (χ1) is 16.5. The molecule has 0 saturated carbocycles. The van der Waals surface area contributed by atoms with Crippen molar-refractivity contribution in [3.8, 4) is 0 Å². The number of halogens is 2. The second kappa shape index (κ2) is 10.5. The van der Waals surface area contributed by atoms with Crippen molar-refractivity contribution >= 4 is 22.7 Å². The Balaban J connectivity index is 1.99. The van der Waals surface area contributed by atoms with Gasteiger partial charge in [0.05, 0.1) is 25.8 Å². The first kappa shape index (κ1) is 26.2. The lowest BCUT2D eigenvalue weighted by atomic mass is 9.85. The number of nitrogens with zero attached hydrogens (tertiary/aromatic N) is 2. The minimum absolute atomic E-state index is 0.0658. The highest BCUT2D eigenvalue weighted by Crippen LogP contribution is 2.26. The summed E-state index contributed by atoms with van der Waals surface area (Å²) in [6.45, 7) is 6.01. The standard InChI is InChI=1S/C25H30F2N4O4/c1-14-5-10-18-20(23(34)29-22(25(2,3)4)24(35)28-17(12-32)13-33)30-31(21(18)19(14)27)11-15-6-8-16(26)9-7-15/h5-10,17,22,32-33H,11-13H2,1-4H3,(H,28,35)(H,29,34). The second-order valence-electron chi connectivity index (χ2n) is 9.57. The number of fused-ring (bicyclic) bond motifs is 1. The molecule has 0 aliphatic rings. The van der Waals surface area contributed by atoms with Gasteiger partial charge in [0, 0.05) is 5.39 Å². The number of carbonyl (C=O) groups excluding carboxylic acids is 2. The van der Waals surface area contributed by atoms with Gasteiger partial charge in [-0.15, -0.1) is 0 Å². The Labute approximate surface area is 201 Å². The first-order valence-corrected chi connectivity index (χ1v) is 11.2. The number of aryl methyl sites for hydroxylation is 1. The Morgan fingerprint density at radius 2 is 1.66 bits per heavy atom. The topological polar surface area (TPSA) is 116 Å². The van der Waals surface area contributed by atoms with Gasteiger partial charge < -0.3 is 20.8 Å². The molecule has 0 aliphatic heterocycles. The van der Waals surface area contributed by atoms with Gasteiger partial charge in [0.1, 0.15) is 17.4 Å². The molecule has 3 rings (SSSR count). The Hall–Kier alpha value is -3.37. The van der Waals surface area contributed by atoms with Crippen molar-refractivity contribution in [2.75, 3.05) is 13.2 Å². The lowest BCUT2D eigenvalue weighted by molar-refractivity contribution is -0.126. The van der Waals surface area contributed by atoms with E-state index in [1.165, 1.54) is 16.8 Å². The quantitative estimate of drug-likeness (QED) is 0.388. The smallest absolute Gasteiger partial charge is 0.273 e. The van der Waals surface area contributed by atoms with E-state index in [1.807, 2.05) is 0 Å². The normalized spacial score (nSPS) is 12.7. The number of amides is 2. The van der Waals surface area contributed by atoms with Crippen LogP contribution in [0.3, 0.4) is 0 Å². The lowest BCUT2D eigenvalue weighted by Gasteiger charge is -2.31. The molecule has 3 aromatic rings. The van der Waals surface area contributed by atoms with E-state index in [4.69, 9.17) is 0 Å². The largest absolute Gasteiger partial charge is 0.394 e. The molecule has 0 fully saturated rings. The van der Waals surface area contributed by atoms with E-state index in [-0.39, 0.29) is 23.1 Å². The van der Waals surface area contributed by atoms with Gasteiger partial charge in [-0.1, -0.05) is 39.0 Å². The zero-order valence-electron chi connectivity index (χ0n) is 20.1. The molecule has 35 heavy (non-hydrogen) atoms. The van der Waals surface area contributed by atoms with Gasteiger partial charge in [-0.2, -0.15) is 5.10 Å². The zero-order valence-corrected chi connectivity index (χ0v) is 20.1. The fourth-order valence-corrected chi connectivity index (χ4v) is 3.69. The van der Waals surface area contributed by atoms with Crippen LogP contribution in [0.1, 0.15) is 42.4 Å². The van der Waals surface area contributed by atoms with Crippen molar-refractivity contribution in [1.82, 2.24) is 20.4 Å². The summed E-state index contributed by atoms with van der Waals surface area (Å²) in [5, 5.41) is 28.4. The molecule has 0 radical (unpaired) electrons. The molecule has 4 N–H and O–H groups in total. The fraction of sp³-hybridized carbons (Fsp3) is 0.400. The molecule has 0 spiro atoms. The van der Waals surface area contributed by atoms with Gasteiger partial charge in [-0.3, -0.25) is 14.3 Å². The summed E-state index contributed by atoms with van der Waals surface area (Å²) in [6, 6.07) is 6.89. The summed E-state index contributed by atoms with van der Waals surface area (Å²) in [5.41, 5.74) is 0.356. The van der Waals surface area contributed by atoms with Crippen LogP contribution >= 0.6 is 0 Å². The van der Waals surface area contributed by atoms with Crippen LogP contribution < -0.4 is 10.6 Å². The van der Waals surface area contributed by atoms with Crippen molar-refractivity contribution < 1.29 is 28.6 Å². The second-order valence-corrected chi connectivity index (χ2v) is 9.57. The summed E-state index contributed by atoms with van der Waals surface area (Å²) in [6.07, 6.45) is 0. The summed E-state index contributed by atoms with van der Waals surface area (Å²) in [7, 11) is 0. The summed E-state index contributed by atoms with van der Waals surface area (Å²) in [5.74, 6) is -2.21. The number of aromatic nitrogens is 2. The van der Waals surface area contributed by atoms with Gasteiger partial charge in [-0.05, 0) is 41.7 Å². The molecule has 1 aromatic heterocycles. The SMILES string of the molecule is Cc1ccc2c(C(=O)NC(C(=O)NC(CO)CO)C(C)(C)C)nn(Cc3ccc(F)cc3)c2c1F.